The first-order valence-electron chi connectivity index (χ1n) is 9.68. The predicted molar refractivity (Wildman–Crippen MR) is 118 cm³/mol. The van der Waals surface area contributed by atoms with E-state index in [1.165, 1.54) is 6.08 Å². The van der Waals surface area contributed by atoms with Gasteiger partial charge < -0.3 is 15.2 Å². The van der Waals surface area contributed by atoms with E-state index in [0.29, 0.717) is 23.7 Å². The molecule has 0 saturated carbocycles. The standard InChI is InChI=1S/C24H19ClN2O4/c25-21-12-18(16-4-1-5-17(9-16)24(29)30)10-19-11-20(31-23(19)21)14-27-22(28)7-6-15-3-2-8-26-13-15/h1-10,12-13,20H,11,14H2,(H,27,28)(H,29,30)/b7-6+. The highest BCUT2D eigenvalue weighted by Gasteiger charge is 2.26. The summed E-state index contributed by atoms with van der Waals surface area (Å²) in [6.45, 7) is 0.338. The van der Waals surface area contributed by atoms with Crippen molar-refractivity contribution < 1.29 is 19.4 Å². The lowest BCUT2D eigenvalue weighted by atomic mass is 9.99. The Kier molecular flexibility index (Phi) is 6.00. The monoisotopic (exact) mass is 434 g/mol. The van der Waals surface area contributed by atoms with Gasteiger partial charge >= 0.3 is 5.97 Å². The molecule has 1 aromatic heterocycles. The third-order valence-corrected chi connectivity index (χ3v) is 5.19. The number of hydrogen-bond acceptors (Lipinski definition) is 4. The molecular formula is C24H19ClN2O4. The number of fused-ring (bicyclic) bond motifs is 1. The lowest BCUT2D eigenvalue weighted by molar-refractivity contribution is -0.116. The van der Waals surface area contributed by atoms with E-state index in [9.17, 15) is 14.7 Å². The summed E-state index contributed by atoms with van der Waals surface area (Å²) in [6, 6.07) is 14.1. The summed E-state index contributed by atoms with van der Waals surface area (Å²) in [5.74, 6) is -0.600. The molecule has 0 aliphatic carbocycles. The fraction of sp³-hybridized carbons (Fsp3) is 0.125. The number of benzene rings is 2. The number of carboxylic acid groups (broad SMARTS) is 1. The number of nitrogens with one attached hydrogen (secondary N) is 1. The average Bonchev–Trinajstić information content (AvgIpc) is 3.21. The molecule has 0 radical (unpaired) electrons. The minimum absolute atomic E-state index is 0.213. The van der Waals surface area contributed by atoms with Crippen LogP contribution in [0.5, 0.6) is 5.75 Å². The van der Waals surface area contributed by atoms with Gasteiger partial charge in [-0.05, 0) is 53.1 Å². The number of amides is 1. The molecule has 2 heterocycles. The minimum Gasteiger partial charge on any atom is -0.486 e. The maximum atomic E-state index is 12.1. The second-order valence-electron chi connectivity index (χ2n) is 7.14. The zero-order valence-electron chi connectivity index (χ0n) is 16.4. The average molecular weight is 435 g/mol. The maximum absolute atomic E-state index is 12.1. The summed E-state index contributed by atoms with van der Waals surface area (Å²) in [5, 5.41) is 12.5. The summed E-state index contributed by atoms with van der Waals surface area (Å²) in [6.07, 6.45) is 6.86. The van der Waals surface area contributed by atoms with Gasteiger partial charge in [-0.3, -0.25) is 9.78 Å². The van der Waals surface area contributed by atoms with Crippen molar-refractivity contribution in [1.29, 1.82) is 0 Å². The molecule has 0 spiro atoms. The Morgan fingerprint density at radius 1 is 1.19 bits per heavy atom. The number of ether oxygens (including phenoxy) is 1. The lowest BCUT2D eigenvalue weighted by Crippen LogP contribution is -2.33. The van der Waals surface area contributed by atoms with E-state index in [0.717, 1.165) is 22.3 Å². The molecule has 1 amide bonds. The van der Waals surface area contributed by atoms with Crippen molar-refractivity contribution in [3.8, 4) is 16.9 Å². The number of aromatic nitrogens is 1. The highest BCUT2D eigenvalue weighted by Crippen LogP contribution is 2.39. The molecule has 156 valence electrons. The van der Waals surface area contributed by atoms with E-state index in [1.807, 2.05) is 18.2 Å². The molecule has 7 heteroatoms. The van der Waals surface area contributed by atoms with Crippen LogP contribution in [0.15, 0.2) is 67.0 Å². The first-order chi connectivity index (χ1) is 15.0. The van der Waals surface area contributed by atoms with Crippen LogP contribution in [0.4, 0.5) is 0 Å². The first kappa shape index (κ1) is 20.6. The van der Waals surface area contributed by atoms with Gasteiger partial charge in [0.2, 0.25) is 5.91 Å². The first-order valence-corrected chi connectivity index (χ1v) is 10.1. The Balaban J connectivity index is 1.41. The quantitative estimate of drug-likeness (QED) is 0.567. The topological polar surface area (TPSA) is 88.5 Å². The highest BCUT2D eigenvalue weighted by atomic mass is 35.5. The second kappa shape index (κ2) is 9.02. The molecule has 3 aromatic rings. The third kappa shape index (κ3) is 4.92. The van der Waals surface area contributed by atoms with Crippen molar-refractivity contribution in [2.24, 2.45) is 0 Å². The Morgan fingerprint density at radius 3 is 2.84 bits per heavy atom. The molecule has 0 saturated heterocycles. The van der Waals surface area contributed by atoms with E-state index >= 15 is 0 Å². The van der Waals surface area contributed by atoms with Gasteiger partial charge in [-0.1, -0.05) is 29.8 Å². The van der Waals surface area contributed by atoms with Crippen molar-refractivity contribution in [1.82, 2.24) is 10.3 Å². The summed E-state index contributed by atoms with van der Waals surface area (Å²) in [7, 11) is 0. The predicted octanol–water partition coefficient (Wildman–Crippen LogP) is 4.23. The maximum Gasteiger partial charge on any atom is 0.335 e. The van der Waals surface area contributed by atoms with E-state index in [4.69, 9.17) is 16.3 Å². The van der Waals surface area contributed by atoms with Gasteiger partial charge in [-0.2, -0.15) is 0 Å². The fourth-order valence-electron chi connectivity index (χ4n) is 3.42. The van der Waals surface area contributed by atoms with Crippen LogP contribution in [0.2, 0.25) is 5.02 Å². The van der Waals surface area contributed by atoms with E-state index < -0.39 is 5.97 Å². The summed E-state index contributed by atoms with van der Waals surface area (Å²) in [4.78, 5) is 27.3. The number of carbonyl (C=O) groups excluding carboxylic acids is 1. The molecule has 4 rings (SSSR count). The fourth-order valence-corrected chi connectivity index (χ4v) is 3.70. The SMILES string of the molecule is O=C(/C=C/c1cccnc1)NCC1Cc2cc(-c3cccc(C(=O)O)c3)cc(Cl)c2O1. The minimum atomic E-state index is -0.981. The van der Waals surface area contributed by atoms with E-state index in [-0.39, 0.29) is 17.6 Å². The molecule has 1 unspecified atom stereocenters. The number of hydrogen-bond donors (Lipinski definition) is 2. The van der Waals surface area contributed by atoms with Gasteiger partial charge in [0.15, 0.2) is 0 Å². The van der Waals surface area contributed by atoms with Crippen molar-refractivity contribution >= 4 is 29.6 Å². The van der Waals surface area contributed by atoms with Crippen molar-refractivity contribution in [2.45, 2.75) is 12.5 Å². The second-order valence-corrected chi connectivity index (χ2v) is 7.55. The molecular weight excluding hydrogens is 416 g/mol. The Morgan fingerprint density at radius 2 is 2.06 bits per heavy atom. The molecule has 2 aromatic carbocycles. The number of aromatic carboxylic acids is 1. The van der Waals surface area contributed by atoms with Crippen LogP contribution in [0, 0.1) is 0 Å². The molecule has 1 atom stereocenters. The molecule has 0 bridgehead atoms. The smallest absolute Gasteiger partial charge is 0.335 e. The van der Waals surface area contributed by atoms with Crippen molar-refractivity contribution in [2.75, 3.05) is 6.54 Å². The van der Waals surface area contributed by atoms with Crippen molar-refractivity contribution in [3.05, 3.63) is 88.7 Å². The van der Waals surface area contributed by atoms with Crippen LogP contribution in [0.1, 0.15) is 21.5 Å². The Hall–Kier alpha value is -3.64. The Bertz CT molecular complexity index is 1160. The lowest BCUT2D eigenvalue weighted by Gasteiger charge is -2.11. The summed E-state index contributed by atoms with van der Waals surface area (Å²) in [5.41, 5.74) is 3.56. The van der Waals surface area contributed by atoms with E-state index in [2.05, 4.69) is 10.3 Å². The van der Waals surface area contributed by atoms with Crippen LogP contribution in [-0.2, 0) is 11.2 Å². The van der Waals surface area contributed by atoms with Crippen LogP contribution in [0.25, 0.3) is 17.2 Å². The third-order valence-electron chi connectivity index (χ3n) is 4.91. The van der Waals surface area contributed by atoms with Gasteiger partial charge in [0.1, 0.15) is 11.9 Å². The van der Waals surface area contributed by atoms with Gasteiger partial charge in [0.25, 0.3) is 0 Å². The number of nitrogens with zero attached hydrogens (tertiary/aromatic N) is 1. The molecule has 0 fully saturated rings. The van der Waals surface area contributed by atoms with Gasteiger partial charge in [-0.15, -0.1) is 0 Å². The summed E-state index contributed by atoms with van der Waals surface area (Å²) < 4.78 is 5.93. The molecule has 2 N–H and O–H groups in total. The summed E-state index contributed by atoms with van der Waals surface area (Å²) >= 11 is 6.43. The van der Waals surface area contributed by atoms with Crippen LogP contribution >= 0.6 is 11.6 Å². The van der Waals surface area contributed by atoms with Gasteiger partial charge in [0.05, 0.1) is 17.1 Å². The molecule has 1 aliphatic rings. The normalized spacial score (nSPS) is 14.8. The highest BCUT2D eigenvalue weighted by molar-refractivity contribution is 6.32. The van der Waals surface area contributed by atoms with Crippen molar-refractivity contribution in [3.63, 3.8) is 0 Å². The number of rotatable bonds is 6. The van der Waals surface area contributed by atoms with Crippen LogP contribution < -0.4 is 10.1 Å². The Labute approximate surface area is 184 Å². The molecule has 1 aliphatic heterocycles. The largest absolute Gasteiger partial charge is 0.486 e. The zero-order valence-corrected chi connectivity index (χ0v) is 17.2. The number of pyridine rings is 1. The zero-order chi connectivity index (χ0) is 21.8. The van der Waals surface area contributed by atoms with Crippen LogP contribution in [-0.4, -0.2) is 34.6 Å². The van der Waals surface area contributed by atoms with Gasteiger partial charge in [0, 0.05) is 30.5 Å². The number of halogens is 1. The molecule has 31 heavy (non-hydrogen) atoms. The van der Waals surface area contributed by atoms with E-state index in [1.54, 1.807) is 48.8 Å². The number of carboxylic acids is 1. The number of carbonyl (C=O) groups is 2. The van der Waals surface area contributed by atoms with Gasteiger partial charge in [-0.25, -0.2) is 4.79 Å². The van der Waals surface area contributed by atoms with Crippen LogP contribution in [0.3, 0.4) is 0 Å². The molecule has 6 nitrogen and oxygen atoms in total.